The lowest BCUT2D eigenvalue weighted by Crippen LogP contribution is -2.44. The third kappa shape index (κ3) is 3.42. The normalized spacial score (nSPS) is 17.4. The first-order valence-corrected chi connectivity index (χ1v) is 9.57. The molecule has 1 fully saturated rings. The van der Waals surface area contributed by atoms with E-state index in [2.05, 4.69) is 10.2 Å². The van der Waals surface area contributed by atoms with Gasteiger partial charge in [-0.05, 0) is 40.5 Å². The summed E-state index contributed by atoms with van der Waals surface area (Å²) < 4.78 is 27.0. The first-order valence-electron chi connectivity index (χ1n) is 8.13. The summed E-state index contributed by atoms with van der Waals surface area (Å²) in [5.74, 6) is 0.0654. The van der Waals surface area contributed by atoms with Crippen molar-refractivity contribution in [3.8, 4) is 0 Å². The topological polar surface area (TPSA) is 86.4 Å². The van der Waals surface area contributed by atoms with Gasteiger partial charge in [0, 0.05) is 32.1 Å². The summed E-state index contributed by atoms with van der Waals surface area (Å²) in [5, 5.41) is 6.70. The fourth-order valence-electron chi connectivity index (χ4n) is 3.19. The Balaban J connectivity index is 2.09. The summed E-state index contributed by atoms with van der Waals surface area (Å²) in [6.45, 7) is 9.48. The first-order chi connectivity index (χ1) is 10.8. The second-order valence-electron chi connectivity index (χ2n) is 5.95. The zero-order valence-corrected chi connectivity index (χ0v) is 15.1. The summed E-state index contributed by atoms with van der Waals surface area (Å²) in [6.07, 6.45) is 1.15. The Hall–Kier alpha value is -1.41. The molecule has 1 aromatic heterocycles. The van der Waals surface area contributed by atoms with Crippen molar-refractivity contribution in [1.82, 2.24) is 19.4 Å². The van der Waals surface area contributed by atoms with E-state index in [9.17, 15) is 13.2 Å². The maximum atomic E-state index is 12.8. The molecule has 0 atom stereocenters. The van der Waals surface area contributed by atoms with Crippen molar-refractivity contribution in [2.24, 2.45) is 5.92 Å². The number of piperidine rings is 1. The quantitative estimate of drug-likeness (QED) is 0.874. The van der Waals surface area contributed by atoms with Crippen LogP contribution in [0.15, 0.2) is 4.90 Å². The van der Waals surface area contributed by atoms with Crippen LogP contribution in [0.1, 0.15) is 38.1 Å². The number of sulfonamides is 1. The maximum absolute atomic E-state index is 12.8. The highest BCUT2D eigenvalue weighted by molar-refractivity contribution is 7.89. The molecule has 0 unspecified atom stereocenters. The maximum Gasteiger partial charge on any atom is 0.246 e. The summed E-state index contributed by atoms with van der Waals surface area (Å²) in [6, 6.07) is 0. The predicted molar refractivity (Wildman–Crippen MR) is 87.5 cm³/mol. The van der Waals surface area contributed by atoms with Gasteiger partial charge in [0.05, 0.1) is 11.4 Å². The Morgan fingerprint density at radius 1 is 1.26 bits per heavy atom. The Morgan fingerprint density at radius 3 is 2.26 bits per heavy atom. The average molecular weight is 342 g/mol. The lowest BCUT2D eigenvalue weighted by Gasteiger charge is -2.33. The van der Waals surface area contributed by atoms with E-state index in [4.69, 9.17) is 0 Å². The molecule has 0 saturated carbocycles. The Morgan fingerprint density at radius 2 is 1.83 bits per heavy atom. The highest BCUT2D eigenvalue weighted by Gasteiger charge is 2.35. The molecule has 23 heavy (non-hydrogen) atoms. The zero-order chi connectivity index (χ0) is 17.2. The number of aromatic amines is 1. The van der Waals surface area contributed by atoms with Gasteiger partial charge in [-0.3, -0.25) is 9.89 Å². The number of aryl methyl sites for hydroxylation is 2. The molecule has 1 amide bonds. The SMILES string of the molecule is CCN(CC)C(=O)C1CCN(S(=O)(=O)c2c(C)n[nH]c2C)CC1. The van der Waals surface area contributed by atoms with E-state index in [1.54, 1.807) is 13.8 Å². The number of hydrogen-bond donors (Lipinski definition) is 1. The average Bonchev–Trinajstić information content (AvgIpc) is 2.88. The number of carbonyl (C=O) groups is 1. The van der Waals surface area contributed by atoms with Gasteiger partial charge in [0.15, 0.2) is 0 Å². The van der Waals surface area contributed by atoms with Crippen LogP contribution in [-0.2, 0) is 14.8 Å². The van der Waals surface area contributed by atoms with Gasteiger partial charge in [-0.25, -0.2) is 8.42 Å². The molecule has 1 aromatic rings. The van der Waals surface area contributed by atoms with E-state index in [0.29, 0.717) is 50.4 Å². The fourth-order valence-corrected chi connectivity index (χ4v) is 4.99. The molecular formula is C15H26N4O3S. The van der Waals surface area contributed by atoms with Crippen LogP contribution in [-0.4, -0.2) is 59.9 Å². The van der Waals surface area contributed by atoms with Crippen molar-refractivity contribution in [1.29, 1.82) is 0 Å². The van der Waals surface area contributed by atoms with Crippen LogP contribution in [0.25, 0.3) is 0 Å². The molecular weight excluding hydrogens is 316 g/mol. The van der Waals surface area contributed by atoms with Crippen LogP contribution >= 0.6 is 0 Å². The number of aromatic nitrogens is 2. The lowest BCUT2D eigenvalue weighted by molar-refractivity contribution is -0.136. The number of amides is 1. The van der Waals surface area contributed by atoms with Crippen LogP contribution < -0.4 is 0 Å². The van der Waals surface area contributed by atoms with Gasteiger partial charge in [0.1, 0.15) is 4.90 Å². The largest absolute Gasteiger partial charge is 0.343 e. The highest BCUT2D eigenvalue weighted by Crippen LogP contribution is 2.27. The van der Waals surface area contributed by atoms with Crippen molar-refractivity contribution >= 4 is 15.9 Å². The second-order valence-corrected chi connectivity index (χ2v) is 7.83. The molecule has 0 bridgehead atoms. The van der Waals surface area contributed by atoms with Crippen molar-refractivity contribution in [2.75, 3.05) is 26.2 Å². The van der Waals surface area contributed by atoms with E-state index in [1.807, 2.05) is 18.7 Å². The van der Waals surface area contributed by atoms with Crippen molar-refractivity contribution < 1.29 is 13.2 Å². The zero-order valence-electron chi connectivity index (χ0n) is 14.3. The van der Waals surface area contributed by atoms with Crippen LogP contribution in [0.4, 0.5) is 0 Å². The Labute approximate surface area is 138 Å². The smallest absolute Gasteiger partial charge is 0.246 e. The van der Waals surface area contributed by atoms with E-state index in [-0.39, 0.29) is 16.7 Å². The highest BCUT2D eigenvalue weighted by atomic mass is 32.2. The molecule has 1 saturated heterocycles. The number of nitrogens with zero attached hydrogens (tertiary/aromatic N) is 3. The summed E-state index contributed by atoms with van der Waals surface area (Å²) in [5.41, 5.74) is 1.05. The van der Waals surface area contributed by atoms with Gasteiger partial charge in [-0.2, -0.15) is 9.40 Å². The molecule has 130 valence electrons. The standard InChI is InChI=1S/C15H26N4O3S/c1-5-18(6-2)15(20)13-7-9-19(10-8-13)23(21,22)14-11(3)16-17-12(14)4/h13H,5-10H2,1-4H3,(H,16,17). The molecule has 0 radical (unpaired) electrons. The van der Waals surface area contributed by atoms with Crippen LogP contribution in [0, 0.1) is 19.8 Å². The second kappa shape index (κ2) is 7.00. The molecule has 0 aliphatic carbocycles. The molecule has 2 heterocycles. The molecule has 8 heteroatoms. The van der Waals surface area contributed by atoms with E-state index in [1.165, 1.54) is 4.31 Å². The third-order valence-corrected chi connectivity index (χ3v) is 6.70. The summed E-state index contributed by atoms with van der Waals surface area (Å²) >= 11 is 0. The van der Waals surface area contributed by atoms with Gasteiger partial charge in [-0.15, -0.1) is 0 Å². The fraction of sp³-hybridized carbons (Fsp3) is 0.733. The van der Waals surface area contributed by atoms with Gasteiger partial charge in [0.25, 0.3) is 0 Å². The molecule has 1 aliphatic rings. The van der Waals surface area contributed by atoms with Gasteiger partial charge in [-0.1, -0.05) is 0 Å². The van der Waals surface area contributed by atoms with Gasteiger partial charge in [0.2, 0.25) is 15.9 Å². The van der Waals surface area contributed by atoms with Crippen molar-refractivity contribution in [3.05, 3.63) is 11.4 Å². The minimum absolute atomic E-state index is 0.0760. The molecule has 0 spiro atoms. The van der Waals surface area contributed by atoms with Gasteiger partial charge < -0.3 is 4.90 Å². The molecule has 1 aliphatic heterocycles. The van der Waals surface area contributed by atoms with E-state index >= 15 is 0 Å². The molecule has 0 aromatic carbocycles. The van der Waals surface area contributed by atoms with Crippen LogP contribution in [0.5, 0.6) is 0 Å². The Kier molecular flexibility index (Phi) is 5.46. The Bertz CT molecular complexity index is 637. The first kappa shape index (κ1) is 17.9. The van der Waals surface area contributed by atoms with E-state index < -0.39 is 10.0 Å². The number of nitrogens with one attached hydrogen (secondary N) is 1. The van der Waals surface area contributed by atoms with Gasteiger partial charge >= 0.3 is 0 Å². The van der Waals surface area contributed by atoms with Crippen LogP contribution in [0.3, 0.4) is 0 Å². The molecule has 7 nitrogen and oxygen atoms in total. The number of rotatable bonds is 5. The molecule has 2 rings (SSSR count). The number of carbonyl (C=O) groups excluding carboxylic acids is 1. The van der Waals surface area contributed by atoms with Crippen molar-refractivity contribution in [3.63, 3.8) is 0 Å². The van der Waals surface area contributed by atoms with Crippen molar-refractivity contribution in [2.45, 2.75) is 45.4 Å². The van der Waals surface area contributed by atoms with E-state index in [0.717, 1.165) is 0 Å². The predicted octanol–water partition coefficient (Wildman–Crippen LogP) is 1.30. The number of hydrogen-bond acceptors (Lipinski definition) is 4. The third-order valence-electron chi connectivity index (χ3n) is 4.54. The van der Waals surface area contributed by atoms with Crippen LogP contribution in [0.2, 0.25) is 0 Å². The number of H-pyrrole nitrogens is 1. The minimum Gasteiger partial charge on any atom is -0.343 e. The lowest BCUT2D eigenvalue weighted by atomic mass is 9.96. The molecule has 1 N–H and O–H groups in total. The summed E-state index contributed by atoms with van der Waals surface area (Å²) in [4.78, 5) is 14.5. The monoisotopic (exact) mass is 342 g/mol. The minimum atomic E-state index is -3.55. The summed E-state index contributed by atoms with van der Waals surface area (Å²) in [7, 11) is -3.55.